The lowest BCUT2D eigenvalue weighted by Gasteiger charge is -2.09. The average Bonchev–Trinajstić information content (AvgIpc) is 2.71. The molecule has 0 aliphatic carbocycles. The van der Waals surface area contributed by atoms with Crippen molar-refractivity contribution in [3.05, 3.63) is 60.7 Å². The van der Waals surface area contributed by atoms with Crippen LogP contribution in [0.25, 0.3) is 21.5 Å². The van der Waals surface area contributed by atoms with E-state index >= 15 is 0 Å². The minimum absolute atomic E-state index is 0.0951. The number of rotatable bonds is 4. The molecule has 0 amide bonds. The zero-order chi connectivity index (χ0) is 21.5. The number of hydrogen-bond acceptors (Lipinski definition) is 7. The number of fused-ring (bicyclic) bond motifs is 2. The van der Waals surface area contributed by atoms with Crippen LogP contribution in [0.4, 0.5) is 11.4 Å². The van der Waals surface area contributed by atoms with E-state index in [1.807, 2.05) is 6.07 Å². The normalized spacial score (nSPS) is 12.1. The summed E-state index contributed by atoms with van der Waals surface area (Å²) in [4.78, 5) is -0.602. The molecule has 0 fully saturated rings. The molecule has 0 aliphatic heterocycles. The quantitative estimate of drug-likeness (QED) is 0.310. The number of phenols is 2. The summed E-state index contributed by atoms with van der Waals surface area (Å²) in [6.45, 7) is 0. The smallest absolute Gasteiger partial charge is 0.298 e. The summed E-state index contributed by atoms with van der Waals surface area (Å²) >= 11 is 0. The Kier molecular flexibility index (Phi) is 4.76. The molecule has 0 aromatic heterocycles. The molecule has 4 rings (SSSR count). The van der Waals surface area contributed by atoms with Gasteiger partial charge in [-0.15, -0.1) is 10.2 Å². The van der Waals surface area contributed by atoms with Crippen LogP contribution < -0.4 is 4.74 Å². The Morgan fingerprint density at radius 1 is 0.833 bits per heavy atom. The van der Waals surface area contributed by atoms with Crippen molar-refractivity contribution < 1.29 is 27.9 Å². The van der Waals surface area contributed by atoms with Gasteiger partial charge in [-0.3, -0.25) is 4.55 Å². The van der Waals surface area contributed by atoms with Crippen LogP contribution in [0.1, 0.15) is 0 Å². The molecule has 4 aromatic rings. The number of aromatic hydroxyl groups is 2. The fourth-order valence-electron chi connectivity index (χ4n) is 3.28. The van der Waals surface area contributed by atoms with Crippen molar-refractivity contribution in [2.24, 2.45) is 10.2 Å². The number of methoxy groups -OCH3 is 1. The number of benzene rings is 4. The Balaban J connectivity index is 1.94. The largest absolute Gasteiger partial charge is 0.506 e. The molecule has 8 nitrogen and oxygen atoms in total. The number of ether oxygens (including phenoxy) is 1. The highest BCUT2D eigenvalue weighted by atomic mass is 32.2. The van der Waals surface area contributed by atoms with Crippen LogP contribution in [0.2, 0.25) is 0 Å². The fraction of sp³-hybridized carbons (Fsp3) is 0.0476. The average molecular weight is 424 g/mol. The van der Waals surface area contributed by atoms with E-state index in [1.165, 1.54) is 19.2 Å². The molecular weight excluding hydrogens is 408 g/mol. The first-order valence-corrected chi connectivity index (χ1v) is 10.2. The summed E-state index contributed by atoms with van der Waals surface area (Å²) in [7, 11) is -3.14. The highest BCUT2D eigenvalue weighted by Gasteiger charge is 2.21. The topological polar surface area (TPSA) is 129 Å². The van der Waals surface area contributed by atoms with Gasteiger partial charge in [-0.25, -0.2) is 0 Å². The molecule has 3 N–H and O–H groups in total. The monoisotopic (exact) mass is 424 g/mol. The molecule has 30 heavy (non-hydrogen) atoms. The van der Waals surface area contributed by atoms with Crippen molar-refractivity contribution in [2.45, 2.75) is 4.90 Å². The minimum Gasteiger partial charge on any atom is -0.506 e. The molecule has 0 bridgehead atoms. The van der Waals surface area contributed by atoms with Crippen molar-refractivity contribution >= 4 is 43.0 Å². The van der Waals surface area contributed by atoms with E-state index in [9.17, 15) is 23.2 Å². The molecule has 152 valence electrons. The molecule has 0 unspecified atom stereocenters. The van der Waals surface area contributed by atoms with Gasteiger partial charge in [-0.1, -0.05) is 36.4 Å². The molecule has 0 spiro atoms. The van der Waals surface area contributed by atoms with Crippen LogP contribution >= 0.6 is 0 Å². The number of azo groups is 1. The minimum atomic E-state index is -4.66. The Morgan fingerprint density at radius 2 is 1.53 bits per heavy atom. The van der Waals surface area contributed by atoms with Crippen LogP contribution in [0.3, 0.4) is 0 Å². The summed E-state index contributed by atoms with van der Waals surface area (Å²) in [6.07, 6.45) is 0. The Morgan fingerprint density at radius 3 is 2.23 bits per heavy atom. The lowest BCUT2D eigenvalue weighted by atomic mass is 10.1. The highest BCUT2D eigenvalue weighted by Crippen LogP contribution is 2.41. The molecule has 9 heteroatoms. The van der Waals surface area contributed by atoms with Gasteiger partial charge in [0.25, 0.3) is 10.1 Å². The van der Waals surface area contributed by atoms with E-state index in [2.05, 4.69) is 10.2 Å². The fourth-order valence-corrected chi connectivity index (χ4v) is 4.06. The third-order valence-corrected chi connectivity index (χ3v) is 5.59. The van der Waals surface area contributed by atoms with Gasteiger partial charge in [0.05, 0.1) is 12.8 Å². The van der Waals surface area contributed by atoms with Crippen LogP contribution in [0.5, 0.6) is 17.2 Å². The first kappa shape index (κ1) is 19.6. The van der Waals surface area contributed by atoms with Crippen LogP contribution in [-0.2, 0) is 10.1 Å². The Labute approximate surface area is 171 Å². The number of hydrogen-bond donors (Lipinski definition) is 3. The van der Waals surface area contributed by atoms with E-state index in [0.717, 1.165) is 11.5 Å². The standard InChI is InChI=1S/C21H16N2O6S/c1-29-13-8-6-12-7-9-18(24)20(16(12)10-13)23-22-17-11-19(25)21(30(26,27)28)15-5-3-2-4-14(15)17/h2-11,24-25H,1H3,(H,26,27,28). The van der Waals surface area contributed by atoms with E-state index < -0.39 is 20.8 Å². The molecule has 0 atom stereocenters. The van der Waals surface area contributed by atoms with Gasteiger partial charge in [0.15, 0.2) is 0 Å². The van der Waals surface area contributed by atoms with Gasteiger partial charge in [0, 0.05) is 22.2 Å². The Bertz CT molecular complexity index is 1430. The Hall–Kier alpha value is -3.69. The maximum atomic E-state index is 11.7. The van der Waals surface area contributed by atoms with Crippen molar-refractivity contribution in [1.29, 1.82) is 0 Å². The molecule has 0 saturated heterocycles. The van der Waals surface area contributed by atoms with Crippen LogP contribution in [-0.4, -0.2) is 30.3 Å². The summed E-state index contributed by atoms with van der Waals surface area (Å²) in [5.74, 6) is -0.193. The van der Waals surface area contributed by atoms with E-state index in [0.29, 0.717) is 16.5 Å². The SMILES string of the molecule is COc1ccc2ccc(O)c(N=Nc3cc(O)c(S(=O)(=O)O)c4ccccc34)c2c1. The van der Waals surface area contributed by atoms with E-state index in [4.69, 9.17) is 4.74 Å². The molecule has 0 radical (unpaired) electrons. The summed E-state index contributed by atoms with van der Waals surface area (Å²) < 4.78 is 38.1. The molecule has 0 saturated carbocycles. The predicted molar refractivity (Wildman–Crippen MR) is 112 cm³/mol. The van der Waals surface area contributed by atoms with Gasteiger partial charge in [-0.05, 0) is 23.6 Å². The predicted octanol–water partition coefficient (Wildman–Crippen LogP) is 5.07. The van der Waals surface area contributed by atoms with Gasteiger partial charge >= 0.3 is 0 Å². The maximum Gasteiger partial charge on any atom is 0.298 e. The second-order valence-electron chi connectivity index (χ2n) is 6.48. The summed E-state index contributed by atoms with van der Waals surface area (Å²) in [5, 5.41) is 30.7. The first-order chi connectivity index (χ1) is 14.3. The highest BCUT2D eigenvalue weighted by molar-refractivity contribution is 7.86. The van der Waals surface area contributed by atoms with E-state index in [-0.39, 0.29) is 22.5 Å². The second-order valence-corrected chi connectivity index (χ2v) is 7.84. The third kappa shape index (κ3) is 3.40. The molecular formula is C21H16N2O6S. The second kappa shape index (κ2) is 7.29. The van der Waals surface area contributed by atoms with Crippen molar-refractivity contribution in [3.63, 3.8) is 0 Å². The number of phenolic OH excluding ortho intramolecular Hbond substituents is 2. The van der Waals surface area contributed by atoms with Crippen molar-refractivity contribution in [2.75, 3.05) is 7.11 Å². The molecule has 4 aromatic carbocycles. The van der Waals surface area contributed by atoms with Gasteiger partial charge in [0.1, 0.15) is 27.8 Å². The lowest BCUT2D eigenvalue weighted by molar-refractivity contribution is 0.415. The zero-order valence-corrected chi connectivity index (χ0v) is 16.5. The van der Waals surface area contributed by atoms with Gasteiger partial charge in [-0.2, -0.15) is 8.42 Å². The van der Waals surface area contributed by atoms with Crippen molar-refractivity contribution in [1.82, 2.24) is 0 Å². The molecule has 0 aliphatic rings. The zero-order valence-electron chi connectivity index (χ0n) is 15.6. The lowest BCUT2D eigenvalue weighted by Crippen LogP contribution is -1.99. The van der Waals surface area contributed by atoms with E-state index in [1.54, 1.807) is 36.4 Å². The van der Waals surface area contributed by atoms with Crippen LogP contribution in [0.15, 0.2) is 75.8 Å². The van der Waals surface area contributed by atoms with Crippen molar-refractivity contribution in [3.8, 4) is 17.2 Å². The van der Waals surface area contributed by atoms with Gasteiger partial charge in [0.2, 0.25) is 0 Å². The number of nitrogens with zero attached hydrogens (tertiary/aromatic N) is 2. The van der Waals surface area contributed by atoms with Crippen LogP contribution in [0, 0.1) is 0 Å². The maximum absolute atomic E-state index is 11.7. The third-order valence-electron chi connectivity index (χ3n) is 4.65. The van der Waals surface area contributed by atoms with Gasteiger partial charge < -0.3 is 14.9 Å². The summed E-state index contributed by atoms with van der Waals surface area (Å²) in [6, 6.07) is 15.9. The summed E-state index contributed by atoms with van der Waals surface area (Å²) in [5.41, 5.74) is 0.351. The first-order valence-electron chi connectivity index (χ1n) is 8.73. The molecule has 0 heterocycles.